The summed E-state index contributed by atoms with van der Waals surface area (Å²) in [7, 11) is 0. The topological polar surface area (TPSA) is 71.4 Å². The minimum atomic E-state index is -0.978. The van der Waals surface area contributed by atoms with Crippen LogP contribution in [0, 0.1) is 29.6 Å². The molecule has 1 N–H and O–H groups in total. The van der Waals surface area contributed by atoms with Gasteiger partial charge in [0.15, 0.2) is 0 Å². The molecule has 2 saturated heterocycles. The number of likely N-dealkylation sites (tertiary alicyclic amines) is 1. The van der Waals surface area contributed by atoms with Crippen molar-refractivity contribution in [3.8, 4) is 11.8 Å². The fourth-order valence-corrected chi connectivity index (χ4v) is 4.25. The molecule has 136 valence electrons. The van der Waals surface area contributed by atoms with Crippen molar-refractivity contribution in [1.29, 1.82) is 0 Å². The summed E-state index contributed by atoms with van der Waals surface area (Å²) in [5.74, 6) is 6.58. The summed E-state index contributed by atoms with van der Waals surface area (Å²) in [5.41, 5.74) is 1.41. The fraction of sp³-hybridized carbons (Fsp3) is 0.474. The molecule has 3 atom stereocenters. The predicted octanol–water partition coefficient (Wildman–Crippen LogP) is 3.06. The van der Waals surface area contributed by atoms with E-state index in [-0.39, 0.29) is 11.8 Å². The van der Waals surface area contributed by atoms with Gasteiger partial charge in [0.05, 0.1) is 5.92 Å². The van der Waals surface area contributed by atoms with Gasteiger partial charge in [-0.15, -0.1) is 0 Å². The number of fused-ring (bicyclic) bond motifs is 1. The zero-order valence-corrected chi connectivity index (χ0v) is 14.9. The lowest BCUT2D eigenvalue weighted by molar-refractivity contribution is -0.0187. The van der Waals surface area contributed by atoms with Crippen LogP contribution in [0.25, 0.3) is 0 Å². The average Bonchev–Trinajstić information content (AvgIpc) is 3.21. The Hall–Kier alpha value is -2.23. The SMILES string of the molecule is O=C(O)N1CC(C2CCOCC2)C2C(C#Cc3cccc(Cl)c3)=NOC21. The lowest BCUT2D eigenvalue weighted by Gasteiger charge is -2.29. The van der Waals surface area contributed by atoms with Gasteiger partial charge in [0.25, 0.3) is 0 Å². The summed E-state index contributed by atoms with van der Waals surface area (Å²) in [6, 6.07) is 7.30. The molecule has 3 heterocycles. The second-order valence-electron chi connectivity index (χ2n) is 6.81. The minimum absolute atomic E-state index is 0.124. The first-order valence-corrected chi connectivity index (χ1v) is 9.10. The highest BCUT2D eigenvalue weighted by Crippen LogP contribution is 2.42. The fourth-order valence-electron chi connectivity index (χ4n) is 4.06. The third-order valence-corrected chi connectivity index (χ3v) is 5.57. The Balaban J connectivity index is 1.60. The smallest absolute Gasteiger partial charge is 0.410 e. The van der Waals surface area contributed by atoms with Gasteiger partial charge < -0.3 is 14.7 Å². The molecule has 7 heteroatoms. The van der Waals surface area contributed by atoms with E-state index in [1.165, 1.54) is 4.90 Å². The maximum Gasteiger partial charge on any atom is 0.410 e. The van der Waals surface area contributed by atoms with Crippen LogP contribution in [-0.2, 0) is 9.57 Å². The molecule has 0 spiro atoms. The number of benzene rings is 1. The van der Waals surface area contributed by atoms with Crippen molar-refractivity contribution in [2.45, 2.75) is 19.1 Å². The van der Waals surface area contributed by atoms with Crippen LogP contribution in [0.1, 0.15) is 18.4 Å². The highest BCUT2D eigenvalue weighted by Gasteiger charge is 2.53. The summed E-state index contributed by atoms with van der Waals surface area (Å²) in [6.07, 6.45) is 0.296. The molecule has 0 saturated carbocycles. The quantitative estimate of drug-likeness (QED) is 0.767. The number of halogens is 1. The molecule has 0 radical (unpaired) electrons. The van der Waals surface area contributed by atoms with E-state index in [4.69, 9.17) is 21.2 Å². The molecule has 6 nitrogen and oxygen atoms in total. The Morgan fingerprint density at radius 2 is 2.12 bits per heavy atom. The number of hydrogen-bond acceptors (Lipinski definition) is 4. The number of ether oxygens (including phenoxy) is 1. The van der Waals surface area contributed by atoms with Crippen LogP contribution in [0.5, 0.6) is 0 Å². The number of carboxylic acid groups (broad SMARTS) is 1. The molecule has 1 amide bonds. The molecule has 1 aromatic carbocycles. The summed E-state index contributed by atoms with van der Waals surface area (Å²) < 4.78 is 5.46. The Bertz CT molecular complexity index is 794. The van der Waals surface area contributed by atoms with Crippen molar-refractivity contribution in [3.63, 3.8) is 0 Å². The van der Waals surface area contributed by atoms with Gasteiger partial charge in [-0.25, -0.2) is 4.79 Å². The monoisotopic (exact) mass is 374 g/mol. The van der Waals surface area contributed by atoms with Crippen molar-refractivity contribution in [1.82, 2.24) is 4.90 Å². The standard InChI is InChI=1S/C19H19ClN2O4/c20-14-3-1-2-12(10-14)4-5-16-17-15(13-6-8-25-9-7-13)11-22(19(23)24)18(17)26-21-16/h1-3,10,13,15,17-18H,6-9,11H2,(H,23,24). The Morgan fingerprint density at radius 1 is 1.31 bits per heavy atom. The first-order valence-electron chi connectivity index (χ1n) is 8.72. The van der Waals surface area contributed by atoms with Crippen LogP contribution in [0.4, 0.5) is 4.79 Å². The van der Waals surface area contributed by atoms with E-state index in [9.17, 15) is 9.90 Å². The van der Waals surface area contributed by atoms with Gasteiger partial charge in [-0.2, -0.15) is 0 Å². The largest absolute Gasteiger partial charge is 0.465 e. The number of nitrogens with zero attached hydrogens (tertiary/aromatic N) is 2. The summed E-state index contributed by atoms with van der Waals surface area (Å²) in [4.78, 5) is 18.4. The van der Waals surface area contributed by atoms with Crippen molar-refractivity contribution in [3.05, 3.63) is 34.9 Å². The summed E-state index contributed by atoms with van der Waals surface area (Å²) in [5, 5.41) is 14.3. The molecule has 1 aromatic rings. The molecule has 0 aromatic heterocycles. The third-order valence-electron chi connectivity index (χ3n) is 5.33. The first-order chi connectivity index (χ1) is 12.6. The third kappa shape index (κ3) is 3.25. The molecule has 3 aliphatic rings. The van der Waals surface area contributed by atoms with Crippen LogP contribution >= 0.6 is 11.6 Å². The predicted molar refractivity (Wildman–Crippen MR) is 95.9 cm³/mol. The zero-order chi connectivity index (χ0) is 18.1. The summed E-state index contributed by atoms with van der Waals surface area (Å²) >= 11 is 6.00. The lowest BCUT2D eigenvalue weighted by Crippen LogP contribution is -2.36. The second kappa shape index (κ2) is 7.18. The maximum absolute atomic E-state index is 11.6. The molecule has 0 bridgehead atoms. The lowest BCUT2D eigenvalue weighted by atomic mass is 9.77. The van der Waals surface area contributed by atoms with Crippen LogP contribution in [0.15, 0.2) is 29.4 Å². The van der Waals surface area contributed by atoms with Gasteiger partial charge in [-0.05, 0) is 48.8 Å². The van der Waals surface area contributed by atoms with Gasteiger partial charge in [-0.1, -0.05) is 28.7 Å². The van der Waals surface area contributed by atoms with Crippen LogP contribution in [0.2, 0.25) is 5.02 Å². The van der Waals surface area contributed by atoms with Gasteiger partial charge in [0, 0.05) is 30.3 Å². The Kier molecular flexibility index (Phi) is 4.75. The Labute approximate surface area is 156 Å². The number of rotatable bonds is 1. The first kappa shape index (κ1) is 17.2. The second-order valence-corrected chi connectivity index (χ2v) is 7.24. The molecular formula is C19H19ClN2O4. The maximum atomic E-state index is 11.6. The van der Waals surface area contributed by atoms with Crippen molar-refractivity contribution in [2.75, 3.05) is 19.8 Å². The average molecular weight is 375 g/mol. The highest BCUT2D eigenvalue weighted by atomic mass is 35.5. The molecule has 3 aliphatic heterocycles. The van der Waals surface area contributed by atoms with Gasteiger partial charge >= 0.3 is 6.09 Å². The molecule has 26 heavy (non-hydrogen) atoms. The zero-order valence-electron chi connectivity index (χ0n) is 14.1. The molecular weight excluding hydrogens is 356 g/mol. The van der Waals surface area contributed by atoms with Crippen LogP contribution < -0.4 is 0 Å². The van der Waals surface area contributed by atoms with E-state index in [0.29, 0.717) is 36.4 Å². The summed E-state index contributed by atoms with van der Waals surface area (Å²) in [6.45, 7) is 1.88. The number of hydrogen-bond donors (Lipinski definition) is 1. The molecule has 4 rings (SSSR count). The van der Waals surface area contributed by atoms with E-state index < -0.39 is 12.3 Å². The van der Waals surface area contributed by atoms with Gasteiger partial charge in [0.1, 0.15) is 5.71 Å². The highest BCUT2D eigenvalue weighted by molar-refractivity contribution is 6.30. The normalized spacial score (nSPS) is 28.0. The molecule has 2 fully saturated rings. The van der Waals surface area contributed by atoms with Crippen molar-refractivity contribution < 1.29 is 19.5 Å². The Morgan fingerprint density at radius 3 is 2.85 bits per heavy atom. The number of amides is 1. The van der Waals surface area contributed by atoms with Crippen LogP contribution in [-0.4, -0.2) is 47.8 Å². The minimum Gasteiger partial charge on any atom is -0.465 e. The van der Waals surface area contributed by atoms with E-state index in [1.807, 2.05) is 12.1 Å². The van der Waals surface area contributed by atoms with E-state index >= 15 is 0 Å². The van der Waals surface area contributed by atoms with Gasteiger partial charge in [0.2, 0.25) is 6.23 Å². The van der Waals surface area contributed by atoms with Gasteiger partial charge in [-0.3, -0.25) is 4.90 Å². The van der Waals surface area contributed by atoms with Crippen molar-refractivity contribution in [2.24, 2.45) is 22.9 Å². The molecule has 3 unspecified atom stereocenters. The number of carbonyl (C=O) groups is 1. The van der Waals surface area contributed by atoms with E-state index in [2.05, 4.69) is 17.0 Å². The number of oxime groups is 1. The molecule has 0 aliphatic carbocycles. The van der Waals surface area contributed by atoms with Crippen LogP contribution in [0.3, 0.4) is 0 Å². The van der Waals surface area contributed by atoms with E-state index in [1.54, 1.807) is 12.1 Å². The van der Waals surface area contributed by atoms with Crippen molar-refractivity contribution >= 4 is 23.4 Å². The van der Waals surface area contributed by atoms with E-state index in [0.717, 1.165) is 18.4 Å².